The zero-order valence-corrected chi connectivity index (χ0v) is 35.1. The van der Waals surface area contributed by atoms with Crippen LogP contribution >= 0.6 is 0 Å². The number of nitrogen functional groups attached to an aromatic ring is 1. The molecule has 2 aliphatic carbocycles. The van der Waals surface area contributed by atoms with Crippen molar-refractivity contribution in [1.29, 1.82) is 0 Å². The van der Waals surface area contributed by atoms with E-state index in [4.69, 9.17) is 20.3 Å². The first-order chi connectivity index (χ1) is 30.9. The molecule has 0 spiro atoms. The second kappa shape index (κ2) is 20.7. The summed E-state index contributed by atoms with van der Waals surface area (Å²) in [6, 6.07) is 52.9. The highest BCUT2D eigenvalue weighted by molar-refractivity contribution is 5.89. The number of carboxylic acids is 1. The maximum absolute atomic E-state index is 12.8. The van der Waals surface area contributed by atoms with E-state index in [0.717, 1.165) is 67.9 Å². The first kappa shape index (κ1) is 42.7. The normalized spacial score (nSPS) is 17.1. The Kier molecular flexibility index (Phi) is 14.0. The molecule has 316 valence electrons. The standard InChI is InChI=1S/C28H25NO2.C18H18O3.C9H8N2/c30-28(15-22-8-11-25-17-29-13-12-24(25)14-22)27-16-26(27)23-9-6-21(7-10-23)19-31-18-20-4-2-1-3-5-20;19-18(20)17-10-16(17)15-8-6-14(7-9-15)12-21-11-13-4-2-1-3-5-13;10-9-2-1-8-6-11-4-3-7(8)5-9/h1-14,17,26-27H,15-16,18-19H2;1-9,16-17H,10-12H2,(H,19,20);1-6H,10H2/t26-,27+;16-,17+;/m00./s1. The van der Waals surface area contributed by atoms with Gasteiger partial charge in [-0.1, -0.05) is 133 Å². The average molecular weight is 834 g/mol. The molecule has 0 radical (unpaired) electrons. The predicted molar refractivity (Wildman–Crippen MR) is 249 cm³/mol. The Hall–Kier alpha value is -7.00. The molecule has 8 heteroatoms. The number of Topliss-reactive ketones (excluding diaryl/α,β-unsaturated/α-hetero) is 1. The summed E-state index contributed by atoms with van der Waals surface area (Å²) in [6.45, 7) is 2.39. The second-order valence-corrected chi connectivity index (χ2v) is 16.4. The third-order valence-corrected chi connectivity index (χ3v) is 11.6. The van der Waals surface area contributed by atoms with E-state index in [2.05, 4.69) is 52.4 Å². The van der Waals surface area contributed by atoms with E-state index in [1.54, 1.807) is 12.4 Å². The lowest BCUT2D eigenvalue weighted by molar-refractivity contribution is -0.138. The van der Waals surface area contributed by atoms with Crippen molar-refractivity contribution in [2.75, 3.05) is 5.73 Å². The first-order valence-corrected chi connectivity index (χ1v) is 21.4. The van der Waals surface area contributed by atoms with Gasteiger partial charge >= 0.3 is 5.97 Å². The van der Waals surface area contributed by atoms with E-state index in [1.165, 1.54) is 11.1 Å². The molecule has 2 saturated carbocycles. The van der Waals surface area contributed by atoms with Crippen LogP contribution in [0.1, 0.15) is 63.6 Å². The van der Waals surface area contributed by atoms with Crippen LogP contribution in [0.25, 0.3) is 21.5 Å². The van der Waals surface area contributed by atoms with Crippen molar-refractivity contribution in [3.05, 3.63) is 221 Å². The zero-order valence-electron chi connectivity index (χ0n) is 35.1. The molecule has 0 amide bonds. The summed E-state index contributed by atoms with van der Waals surface area (Å²) in [5.74, 6) is 0.167. The third-order valence-electron chi connectivity index (χ3n) is 11.6. The topological polar surface area (TPSA) is 125 Å². The number of hydrogen-bond donors (Lipinski definition) is 2. The zero-order chi connectivity index (χ0) is 43.4. The highest BCUT2D eigenvalue weighted by Gasteiger charge is 2.44. The number of anilines is 1. The SMILES string of the molecule is Nc1ccc2cnccc2c1.O=C(Cc1ccc2cnccc2c1)[C@@H]1C[C@H]1c1ccc(COCc2ccccc2)cc1.O=C(O)[C@@H]1C[C@H]1c1ccc(COCc2ccccc2)cc1. The van der Waals surface area contributed by atoms with Crippen LogP contribution in [0.3, 0.4) is 0 Å². The molecule has 2 aliphatic rings. The van der Waals surface area contributed by atoms with Gasteiger partial charge in [0.2, 0.25) is 0 Å². The molecule has 3 N–H and O–H groups in total. The van der Waals surface area contributed by atoms with E-state index in [1.807, 2.05) is 128 Å². The molecule has 10 rings (SSSR count). The largest absolute Gasteiger partial charge is 0.481 e. The summed E-state index contributed by atoms with van der Waals surface area (Å²) in [7, 11) is 0. The minimum atomic E-state index is -0.685. The molecule has 4 atom stereocenters. The van der Waals surface area contributed by atoms with Gasteiger partial charge in [0.1, 0.15) is 5.78 Å². The number of pyridine rings is 2. The molecule has 63 heavy (non-hydrogen) atoms. The summed E-state index contributed by atoms with van der Waals surface area (Å²) in [4.78, 5) is 31.8. The second-order valence-electron chi connectivity index (χ2n) is 16.4. The molecule has 0 bridgehead atoms. The van der Waals surface area contributed by atoms with Gasteiger partial charge in [0.05, 0.1) is 32.3 Å². The number of fused-ring (bicyclic) bond motifs is 2. The number of carboxylic acid groups (broad SMARTS) is 1. The fraction of sp³-hybridized carbons (Fsp3) is 0.200. The summed E-state index contributed by atoms with van der Waals surface area (Å²) in [5.41, 5.74) is 14.5. The van der Waals surface area contributed by atoms with Crippen LogP contribution in [0, 0.1) is 11.8 Å². The maximum Gasteiger partial charge on any atom is 0.307 e. The Morgan fingerprint density at radius 1 is 0.508 bits per heavy atom. The summed E-state index contributed by atoms with van der Waals surface area (Å²) in [5, 5.41) is 13.5. The lowest BCUT2D eigenvalue weighted by Crippen LogP contribution is -2.06. The summed E-state index contributed by atoms with van der Waals surface area (Å²) < 4.78 is 11.5. The smallest absolute Gasteiger partial charge is 0.307 e. The Bertz CT molecular complexity index is 2740. The van der Waals surface area contributed by atoms with Crippen LogP contribution in [-0.4, -0.2) is 26.8 Å². The van der Waals surface area contributed by atoms with Crippen molar-refractivity contribution in [3.63, 3.8) is 0 Å². The number of carbonyl (C=O) groups excluding carboxylic acids is 1. The van der Waals surface area contributed by atoms with Gasteiger partial charge in [-0.25, -0.2) is 0 Å². The average Bonchev–Trinajstić information content (AvgIpc) is 4.27. The first-order valence-electron chi connectivity index (χ1n) is 21.4. The molecule has 0 aliphatic heterocycles. The van der Waals surface area contributed by atoms with E-state index < -0.39 is 5.97 Å². The van der Waals surface area contributed by atoms with Crippen molar-refractivity contribution in [2.45, 2.75) is 57.5 Å². The van der Waals surface area contributed by atoms with Crippen molar-refractivity contribution < 1.29 is 24.2 Å². The highest BCUT2D eigenvalue weighted by Crippen LogP contribution is 2.49. The number of nitrogens with zero attached hydrogens (tertiary/aromatic N) is 2. The fourth-order valence-corrected chi connectivity index (χ4v) is 7.88. The van der Waals surface area contributed by atoms with Crippen molar-refractivity contribution in [3.8, 4) is 0 Å². The van der Waals surface area contributed by atoms with Crippen LogP contribution in [0.4, 0.5) is 5.69 Å². The Balaban J connectivity index is 0.000000146. The lowest BCUT2D eigenvalue weighted by atomic mass is 10.0. The summed E-state index contributed by atoms with van der Waals surface area (Å²) in [6.07, 6.45) is 9.47. The lowest BCUT2D eigenvalue weighted by Gasteiger charge is -2.07. The molecule has 0 unspecified atom stereocenters. The van der Waals surface area contributed by atoms with E-state index in [9.17, 15) is 9.59 Å². The predicted octanol–water partition coefficient (Wildman–Crippen LogP) is 11.3. The molecule has 8 aromatic rings. The van der Waals surface area contributed by atoms with E-state index in [-0.39, 0.29) is 17.8 Å². The van der Waals surface area contributed by atoms with Crippen LogP contribution in [0.15, 0.2) is 183 Å². The minimum Gasteiger partial charge on any atom is -0.481 e. The van der Waals surface area contributed by atoms with E-state index in [0.29, 0.717) is 44.5 Å². The van der Waals surface area contributed by atoms with Gasteiger partial charge in [-0.2, -0.15) is 0 Å². The van der Waals surface area contributed by atoms with Crippen LogP contribution in [-0.2, 0) is 51.9 Å². The molecular formula is C55H51N3O5. The van der Waals surface area contributed by atoms with Gasteiger partial charge in [0.25, 0.3) is 0 Å². The molecule has 0 saturated heterocycles. The molecular weight excluding hydrogens is 783 g/mol. The van der Waals surface area contributed by atoms with Crippen molar-refractivity contribution in [1.82, 2.24) is 9.97 Å². The number of carbonyl (C=O) groups is 2. The number of nitrogens with two attached hydrogens (primary N) is 1. The van der Waals surface area contributed by atoms with Gasteiger partial charge in [-0.15, -0.1) is 0 Å². The molecule has 6 aromatic carbocycles. The number of aromatic nitrogens is 2. The number of aliphatic carboxylic acids is 1. The van der Waals surface area contributed by atoms with Crippen LogP contribution < -0.4 is 5.73 Å². The summed E-state index contributed by atoms with van der Waals surface area (Å²) >= 11 is 0. The van der Waals surface area contributed by atoms with Gasteiger partial charge in [-0.05, 0) is 98.7 Å². The van der Waals surface area contributed by atoms with Gasteiger partial charge < -0.3 is 20.3 Å². The Labute approximate surface area is 368 Å². The molecule has 2 aromatic heterocycles. The van der Waals surface area contributed by atoms with Crippen molar-refractivity contribution in [2.24, 2.45) is 11.8 Å². The molecule has 2 fully saturated rings. The molecule has 2 heterocycles. The monoisotopic (exact) mass is 833 g/mol. The maximum atomic E-state index is 12.8. The highest BCUT2D eigenvalue weighted by atomic mass is 16.5. The Morgan fingerprint density at radius 3 is 1.46 bits per heavy atom. The number of hydrogen-bond acceptors (Lipinski definition) is 7. The van der Waals surface area contributed by atoms with Crippen LogP contribution in [0.2, 0.25) is 0 Å². The fourth-order valence-electron chi connectivity index (χ4n) is 7.88. The van der Waals surface area contributed by atoms with Gasteiger partial charge in [-0.3, -0.25) is 19.6 Å². The Morgan fingerprint density at radius 2 is 0.952 bits per heavy atom. The quantitative estimate of drug-likeness (QED) is 0.104. The molecule has 8 nitrogen and oxygen atoms in total. The number of benzene rings is 6. The third kappa shape index (κ3) is 12.1. The number of ketones is 1. The van der Waals surface area contributed by atoms with Crippen molar-refractivity contribution >= 4 is 39.0 Å². The van der Waals surface area contributed by atoms with Crippen LogP contribution in [0.5, 0.6) is 0 Å². The van der Waals surface area contributed by atoms with Gasteiger partial charge in [0.15, 0.2) is 0 Å². The van der Waals surface area contributed by atoms with E-state index >= 15 is 0 Å². The number of rotatable bonds is 14. The minimum absolute atomic E-state index is 0.147. The number of ether oxygens (including phenoxy) is 2. The van der Waals surface area contributed by atoms with Gasteiger partial charge in [0, 0.05) is 53.6 Å².